The minimum atomic E-state index is -0.666. The topological polar surface area (TPSA) is 136 Å². The van der Waals surface area contributed by atoms with Crippen LogP contribution in [-0.4, -0.2) is 81.1 Å². The van der Waals surface area contributed by atoms with Crippen molar-refractivity contribution in [3.8, 4) is 0 Å². The molecule has 2 aliphatic heterocycles. The monoisotopic (exact) mass is 633 g/mol. The van der Waals surface area contributed by atoms with Gasteiger partial charge in [-0.1, -0.05) is 6.07 Å². The largest absolute Gasteiger partial charge is 0.398 e. The number of benzene rings is 3. The molecular formula is C34H41F2N7O3. The Morgan fingerprint density at radius 3 is 2.35 bits per heavy atom. The summed E-state index contributed by atoms with van der Waals surface area (Å²) >= 11 is 0. The van der Waals surface area contributed by atoms with Gasteiger partial charge in [-0.2, -0.15) is 0 Å². The molecule has 244 valence electrons. The highest BCUT2D eigenvalue weighted by molar-refractivity contribution is 6.15. The van der Waals surface area contributed by atoms with E-state index in [0.29, 0.717) is 59.9 Å². The van der Waals surface area contributed by atoms with Crippen molar-refractivity contribution < 1.29 is 23.1 Å². The van der Waals surface area contributed by atoms with Crippen LogP contribution in [0.3, 0.4) is 0 Å². The number of amidine groups is 1. The molecule has 2 saturated heterocycles. The summed E-state index contributed by atoms with van der Waals surface area (Å²) in [5.74, 6) is -1.95. The number of nitrogen functional groups attached to an aromatic ring is 1. The molecule has 2 aliphatic rings. The highest BCUT2D eigenvalue weighted by Gasteiger charge is 2.23. The van der Waals surface area contributed by atoms with Crippen molar-refractivity contribution in [1.29, 1.82) is 5.41 Å². The normalized spacial score (nSPS) is 15.8. The van der Waals surface area contributed by atoms with E-state index in [-0.39, 0.29) is 24.2 Å². The minimum absolute atomic E-state index is 0.0234. The lowest BCUT2D eigenvalue weighted by molar-refractivity contribution is -0.122. The summed E-state index contributed by atoms with van der Waals surface area (Å²) in [5.41, 5.74) is 9.93. The molecule has 0 aliphatic carbocycles. The molecular weight excluding hydrogens is 592 g/mol. The van der Waals surface area contributed by atoms with Gasteiger partial charge in [-0.15, -0.1) is 0 Å². The van der Waals surface area contributed by atoms with Gasteiger partial charge in [0.2, 0.25) is 5.91 Å². The molecule has 10 nitrogen and oxygen atoms in total. The Labute approximate surface area is 267 Å². The lowest BCUT2D eigenvalue weighted by Crippen LogP contribution is -2.49. The van der Waals surface area contributed by atoms with Crippen molar-refractivity contribution in [3.05, 3.63) is 88.5 Å². The number of nitrogens with two attached hydrogens (primary N) is 1. The van der Waals surface area contributed by atoms with Gasteiger partial charge in [0.05, 0.1) is 12.1 Å². The van der Waals surface area contributed by atoms with Crippen molar-refractivity contribution in [2.45, 2.75) is 32.2 Å². The van der Waals surface area contributed by atoms with E-state index in [1.54, 1.807) is 24.3 Å². The molecule has 2 amide bonds. The number of halogens is 2. The Kier molecular flexibility index (Phi) is 10.8. The third-order valence-corrected chi connectivity index (χ3v) is 8.26. The fourth-order valence-electron chi connectivity index (χ4n) is 5.86. The van der Waals surface area contributed by atoms with Gasteiger partial charge in [0.25, 0.3) is 5.91 Å². The Morgan fingerprint density at radius 1 is 0.935 bits per heavy atom. The van der Waals surface area contributed by atoms with Gasteiger partial charge in [0.1, 0.15) is 17.5 Å². The second-order valence-electron chi connectivity index (χ2n) is 11.7. The van der Waals surface area contributed by atoms with Gasteiger partial charge in [-0.05, 0) is 79.8 Å². The molecule has 0 atom stereocenters. The quantitative estimate of drug-likeness (QED) is 0.130. The van der Waals surface area contributed by atoms with Gasteiger partial charge in [-0.3, -0.25) is 19.9 Å². The molecule has 5 rings (SSSR count). The maximum absolute atomic E-state index is 13.7. The molecule has 12 heteroatoms. The lowest BCUT2D eigenvalue weighted by atomic mass is 10.0. The van der Waals surface area contributed by atoms with Gasteiger partial charge in [0.15, 0.2) is 0 Å². The van der Waals surface area contributed by atoms with Crippen LogP contribution in [0.1, 0.15) is 46.8 Å². The number of hydrogen-bond acceptors (Lipinski definition) is 8. The molecule has 0 bridgehead atoms. The van der Waals surface area contributed by atoms with Crippen molar-refractivity contribution in [2.24, 2.45) is 0 Å². The number of nitrogens with zero attached hydrogens (tertiary/aromatic N) is 2. The van der Waals surface area contributed by atoms with E-state index in [1.807, 2.05) is 19.1 Å². The van der Waals surface area contributed by atoms with Crippen LogP contribution in [0.5, 0.6) is 0 Å². The van der Waals surface area contributed by atoms with Gasteiger partial charge in [-0.25, -0.2) is 8.78 Å². The van der Waals surface area contributed by atoms with Gasteiger partial charge >= 0.3 is 0 Å². The number of anilines is 3. The molecule has 0 radical (unpaired) electrons. The molecule has 0 spiro atoms. The first-order valence-corrected chi connectivity index (χ1v) is 15.6. The first-order chi connectivity index (χ1) is 22.2. The van der Waals surface area contributed by atoms with Crippen LogP contribution >= 0.6 is 0 Å². The third-order valence-electron chi connectivity index (χ3n) is 8.26. The fourth-order valence-corrected chi connectivity index (χ4v) is 5.86. The van der Waals surface area contributed by atoms with E-state index in [4.69, 9.17) is 15.9 Å². The summed E-state index contributed by atoms with van der Waals surface area (Å²) in [7, 11) is 0. The Morgan fingerprint density at radius 2 is 1.65 bits per heavy atom. The highest BCUT2D eigenvalue weighted by Crippen LogP contribution is 2.28. The lowest BCUT2D eigenvalue weighted by Gasteiger charge is -2.36. The number of amides is 2. The molecule has 2 heterocycles. The summed E-state index contributed by atoms with van der Waals surface area (Å²) in [6.45, 7) is 7.13. The molecule has 3 aromatic carbocycles. The molecule has 0 unspecified atom stereocenters. The maximum atomic E-state index is 13.7. The number of ether oxygens (including phenoxy) is 1. The summed E-state index contributed by atoms with van der Waals surface area (Å²) in [6.07, 6.45) is 1.83. The zero-order valence-corrected chi connectivity index (χ0v) is 26.0. The first-order valence-electron chi connectivity index (χ1n) is 15.6. The Hall–Kier alpha value is -4.55. The number of carbonyl (C=O) groups is 2. The van der Waals surface area contributed by atoms with E-state index in [1.165, 1.54) is 12.1 Å². The van der Waals surface area contributed by atoms with E-state index < -0.39 is 17.5 Å². The van der Waals surface area contributed by atoms with Gasteiger partial charge < -0.3 is 31.3 Å². The predicted octanol–water partition coefficient (Wildman–Crippen LogP) is 3.74. The molecule has 6 N–H and O–H groups in total. The van der Waals surface area contributed by atoms with E-state index in [0.717, 1.165) is 50.8 Å². The highest BCUT2D eigenvalue weighted by atomic mass is 19.1. The second kappa shape index (κ2) is 15.2. The molecule has 46 heavy (non-hydrogen) atoms. The smallest absolute Gasteiger partial charge is 0.258 e. The molecule has 0 saturated carbocycles. The summed E-state index contributed by atoms with van der Waals surface area (Å²) in [6, 6.07) is 14.1. The number of nitrogens with one attached hydrogen (secondary N) is 4. The molecule has 0 aromatic heterocycles. The van der Waals surface area contributed by atoms with Crippen molar-refractivity contribution in [3.63, 3.8) is 0 Å². The summed E-state index contributed by atoms with van der Waals surface area (Å²) < 4.78 is 33.0. The van der Waals surface area contributed by atoms with E-state index in [2.05, 4.69) is 25.8 Å². The standard InChI is InChI=1S/C34H41F2N7O3/c1-2-39-32(44)21-42-9-11-43(12-10-42)27-4-5-28(31(20-27)40-26-7-13-46-14-8-26)34(45)41-33(38)29-18-22(3-6-30(29)37)15-23-16-24(35)19-25(36)17-23/h3-6,16-20,26,40H,2,7-15,21,37H2,1H3,(H,39,44)(H2,38,41,45). The first kappa shape index (κ1) is 32.8. The zero-order valence-electron chi connectivity index (χ0n) is 26.0. The van der Waals surface area contributed by atoms with Crippen molar-refractivity contribution in [2.75, 3.05) is 68.4 Å². The predicted molar refractivity (Wildman–Crippen MR) is 176 cm³/mol. The number of piperazine rings is 1. The SMILES string of the molecule is CCNC(=O)CN1CCN(c2ccc(C(=O)NC(=N)c3cc(Cc4cc(F)cc(F)c4)ccc3N)c(NC3CCOCC3)c2)CC1. The number of carbonyl (C=O) groups excluding carboxylic acids is 2. The van der Waals surface area contributed by atoms with Crippen LogP contribution in [0, 0.1) is 17.0 Å². The van der Waals surface area contributed by atoms with Crippen LogP contribution in [0.4, 0.5) is 25.8 Å². The number of hydrogen-bond donors (Lipinski definition) is 5. The number of rotatable bonds is 10. The maximum Gasteiger partial charge on any atom is 0.258 e. The number of likely N-dealkylation sites (N-methyl/N-ethyl adjacent to an activating group) is 1. The van der Waals surface area contributed by atoms with Crippen LogP contribution in [0.25, 0.3) is 0 Å². The van der Waals surface area contributed by atoms with Crippen LogP contribution < -0.4 is 26.6 Å². The minimum Gasteiger partial charge on any atom is -0.398 e. The molecule has 3 aromatic rings. The zero-order chi connectivity index (χ0) is 32.6. The summed E-state index contributed by atoms with van der Waals surface area (Å²) in [5, 5.41) is 17.8. The van der Waals surface area contributed by atoms with E-state index >= 15 is 0 Å². The van der Waals surface area contributed by atoms with Crippen LogP contribution in [0.15, 0.2) is 54.6 Å². The average Bonchev–Trinajstić information content (AvgIpc) is 3.02. The van der Waals surface area contributed by atoms with Crippen molar-refractivity contribution >= 4 is 34.7 Å². The summed E-state index contributed by atoms with van der Waals surface area (Å²) in [4.78, 5) is 30.0. The van der Waals surface area contributed by atoms with Crippen molar-refractivity contribution in [1.82, 2.24) is 15.5 Å². The van der Waals surface area contributed by atoms with Gasteiger partial charge in [0, 0.05) is 80.7 Å². The van der Waals surface area contributed by atoms with Crippen LogP contribution in [-0.2, 0) is 16.0 Å². The van der Waals surface area contributed by atoms with Crippen LogP contribution in [0.2, 0.25) is 0 Å². The molecule has 2 fully saturated rings. The third kappa shape index (κ3) is 8.58. The fraction of sp³-hybridized carbons (Fsp3) is 0.382. The second-order valence-corrected chi connectivity index (χ2v) is 11.7. The van der Waals surface area contributed by atoms with E-state index in [9.17, 15) is 18.4 Å². The Bertz CT molecular complexity index is 1550. The average molecular weight is 634 g/mol. The Balaban J connectivity index is 1.31.